The maximum Gasteiger partial charge on any atom is 0.121 e. The Morgan fingerprint density at radius 2 is 1.78 bits per heavy atom. The molecular formula is C6H10O3. The summed E-state index contributed by atoms with van der Waals surface area (Å²) in [6, 6.07) is 0. The van der Waals surface area contributed by atoms with E-state index in [1.807, 2.05) is 0 Å². The Kier molecular flexibility index (Phi) is 3.25. The van der Waals surface area contributed by atoms with Crippen molar-refractivity contribution in [2.45, 2.75) is 12.0 Å². The van der Waals surface area contributed by atoms with E-state index in [2.05, 4.69) is 5.92 Å². The number of hydrogen-bond acceptors (Lipinski definition) is 3. The lowest BCUT2D eigenvalue weighted by atomic mass is 10.0. The van der Waals surface area contributed by atoms with Crippen LogP contribution in [0.4, 0.5) is 0 Å². The Balaban J connectivity index is 3.80. The zero-order valence-corrected chi connectivity index (χ0v) is 5.04. The number of aliphatic hydroxyl groups is 3. The predicted octanol–water partition coefficient (Wildman–Crippen LogP) is -1.27. The van der Waals surface area contributed by atoms with Crippen molar-refractivity contribution in [2.24, 2.45) is 0 Å². The molecule has 0 aromatic heterocycles. The van der Waals surface area contributed by atoms with Crippen molar-refractivity contribution >= 4 is 0 Å². The van der Waals surface area contributed by atoms with Gasteiger partial charge >= 0.3 is 0 Å². The smallest absolute Gasteiger partial charge is 0.121 e. The lowest BCUT2D eigenvalue weighted by Gasteiger charge is -2.19. The van der Waals surface area contributed by atoms with Gasteiger partial charge in [0.05, 0.1) is 13.2 Å². The van der Waals surface area contributed by atoms with Crippen molar-refractivity contribution in [2.75, 3.05) is 13.2 Å². The second kappa shape index (κ2) is 3.46. The second-order valence-corrected chi connectivity index (χ2v) is 1.92. The first-order valence-electron chi connectivity index (χ1n) is 2.56. The van der Waals surface area contributed by atoms with Gasteiger partial charge in [0, 0.05) is 6.42 Å². The van der Waals surface area contributed by atoms with E-state index in [0.717, 1.165) is 0 Å². The average molecular weight is 130 g/mol. The molecule has 0 aliphatic heterocycles. The lowest BCUT2D eigenvalue weighted by molar-refractivity contribution is -0.0505. The summed E-state index contributed by atoms with van der Waals surface area (Å²) >= 11 is 0. The van der Waals surface area contributed by atoms with E-state index in [1.165, 1.54) is 0 Å². The fourth-order valence-corrected chi connectivity index (χ4v) is 0.352. The van der Waals surface area contributed by atoms with Crippen LogP contribution in [-0.2, 0) is 0 Å². The molecule has 0 saturated carbocycles. The summed E-state index contributed by atoms with van der Waals surface area (Å²) in [5.74, 6) is 2.14. The third-order valence-corrected chi connectivity index (χ3v) is 1.02. The van der Waals surface area contributed by atoms with Gasteiger partial charge in [-0.2, -0.15) is 0 Å². The maximum absolute atomic E-state index is 8.99. The van der Waals surface area contributed by atoms with Gasteiger partial charge in [-0.05, 0) is 0 Å². The number of terminal acetylenes is 1. The molecule has 0 aliphatic carbocycles. The maximum atomic E-state index is 8.99. The first kappa shape index (κ1) is 8.44. The van der Waals surface area contributed by atoms with E-state index < -0.39 is 18.8 Å². The highest BCUT2D eigenvalue weighted by Gasteiger charge is 2.22. The highest BCUT2D eigenvalue weighted by atomic mass is 16.4. The summed E-state index contributed by atoms with van der Waals surface area (Å²) in [4.78, 5) is 0. The van der Waals surface area contributed by atoms with Crippen LogP contribution in [0, 0.1) is 12.3 Å². The van der Waals surface area contributed by atoms with Gasteiger partial charge in [0.15, 0.2) is 0 Å². The van der Waals surface area contributed by atoms with Gasteiger partial charge < -0.3 is 15.3 Å². The molecule has 0 saturated heterocycles. The van der Waals surface area contributed by atoms with Crippen molar-refractivity contribution in [1.29, 1.82) is 0 Å². The first-order valence-corrected chi connectivity index (χ1v) is 2.56. The van der Waals surface area contributed by atoms with Crippen molar-refractivity contribution in [1.82, 2.24) is 0 Å². The molecule has 0 heterocycles. The number of aliphatic hydroxyl groups excluding tert-OH is 2. The normalized spacial score (nSPS) is 10.9. The molecule has 52 valence electrons. The van der Waals surface area contributed by atoms with Gasteiger partial charge in [-0.25, -0.2) is 0 Å². The molecule has 9 heavy (non-hydrogen) atoms. The Hall–Kier alpha value is -0.560. The summed E-state index contributed by atoms with van der Waals surface area (Å²) in [5.41, 5.74) is -1.49. The minimum Gasteiger partial charge on any atom is -0.393 e. The van der Waals surface area contributed by atoms with Crippen molar-refractivity contribution in [3.05, 3.63) is 0 Å². The summed E-state index contributed by atoms with van der Waals surface area (Å²) in [6.07, 6.45) is 4.81. The zero-order chi connectivity index (χ0) is 7.33. The van der Waals surface area contributed by atoms with Gasteiger partial charge in [0.1, 0.15) is 5.60 Å². The van der Waals surface area contributed by atoms with Crippen LogP contribution in [0.3, 0.4) is 0 Å². The summed E-state index contributed by atoms with van der Waals surface area (Å²) < 4.78 is 0. The molecule has 0 fully saturated rings. The second-order valence-electron chi connectivity index (χ2n) is 1.92. The summed E-state index contributed by atoms with van der Waals surface area (Å²) in [5, 5.41) is 25.8. The molecular weight excluding hydrogens is 120 g/mol. The average Bonchev–Trinajstić information content (AvgIpc) is 1.89. The van der Waals surface area contributed by atoms with Crippen LogP contribution in [0.5, 0.6) is 0 Å². The molecule has 3 nitrogen and oxygen atoms in total. The van der Waals surface area contributed by atoms with Gasteiger partial charge in [-0.3, -0.25) is 0 Å². The van der Waals surface area contributed by atoms with Gasteiger partial charge in [0.25, 0.3) is 0 Å². The largest absolute Gasteiger partial charge is 0.393 e. The van der Waals surface area contributed by atoms with Crippen molar-refractivity contribution in [3.8, 4) is 12.3 Å². The van der Waals surface area contributed by atoms with E-state index in [-0.39, 0.29) is 6.42 Å². The molecule has 0 bridgehead atoms. The van der Waals surface area contributed by atoms with Crippen LogP contribution in [-0.4, -0.2) is 34.1 Å². The summed E-state index contributed by atoms with van der Waals surface area (Å²) in [7, 11) is 0. The molecule has 0 aromatic rings. The molecule has 3 heteroatoms. The fourth-order valence-electron chi connectivity index (χ4n) is 0.352. The third kappa shape index (κ3) is 2.47. The Morgan fingerprint density at radius 3 is 1.89 bits per heavy atom. The van der Waals surface area contributed by atoms with E-state index in [9.17, 15) is 0 Å². The molecule has 0 unspecified atom stereocenters. The van der Waals surface area contributed by atoms with Gasteiger partial charge in [0.2, 0.25) is 0 Å². The number of rotatable bonds is 3. The number of hydrogen-bond donors (Lipinski definition) is 3. The molecule has 0 radical (unpaired) electrons. The monoisotopic (exact) mass is 130 g/mol. The Bertz CT molecular complexity index is 110. The highest BCUT2D eigenvalue weighted by Crippen LogP contribution is 2.05. The van der Waals surface area contributed by atoms with Gasteiger partial charge in [-0.1, -0.05) is 0 Å². The van der Waals surface area contributed by atoms with Crippen LogP contribution in [0.15, 0.2) is 0 Å². The topological polar surface area (TPSA) is 60.7 Å². The van der Waals surface area contributed by atoms with Crippen LogP contribution in [0.1, 0.15) is 6.42 Å². The molecule has 0 aliphatic rings. The van der Waals surface area contributed by atoms with Crippen LogP contribution >= 0.6 is 0 Å². The molecule has 0 spiro atoms. The third-order valence-electron chi connectivity index (χ3n) is 1.02. The van der Waals surface area contributed by atoms with E-state index in [4.69, 9.17) is 21.7 Å². The SMILES string of the molecule is C#CCC(O)(CO)CO. The van der Waals surface area contributed by atoms with Crippen LogP contribution < -0.4 is 0 Å². The molecule has 0 aromatic carbocycles. The van der Waals surface area contributed by atoms with Crippen molar-refractivity contribution in [3.63, 3.8) is 0 Å². The van der Waals surface area contributed by atoms with Crippen molar-refractivity contribution < 1.29 is 15.3 Å². The molecule has 0 rings (SSSR count). The van der Waals surface area contributed by atoms with Gasteiger partial charge in [-0.15, -0.1) is 12.3 Å². The zero-order valence-electron chi connectivity index (χ0n) is 5.04. The Morgan fingerprint density at radius 1 is 1.33 bits per heavy atom. The minimum atomic E-state index is -1.49. The Labute approximate surface area is 53.9 Å². The van der Waals surface area contributed by atoms with E-state index >= 15 is 0 Å². The predicted molar refractivity (Wildman–Crippen MR) is 32.6 cm³/mol. The fraction of sp³-hybridized carbons (Fsp3) is 0.667. The molecule has 0 atom stereocenters. The molecule has 3 N–H and O–H groups in total. The summed E-state index contributed by atoms with van der Waals surface area (Å²) in [6.45, 7) is -1.01. The minimum absolute atomic E-state index is 0.0278. The van der Waals surface area contributed by atoms with Crippen LogP contribution in [0.2, 0.25) is 0 Å². The molecule has 0 amide bonds. The standard InChI is InChI=1S/C6H10O3/c1-2-3-6(9,4-7)5-8/h1,7-9H,3-5H2. The highest BCUT2D eigenvalue weighted by molar-refractivity contribution is 4.94. The van der Waals surface area contributed by atoms with E-state index in [0.29, 0.717) is 0 Å². The van der Waals surface area contributed by atoms with Crippen LogP contribution in [0.25, 0.3) is 0 Å². The van der Waals surface area contributed by atoms with E-state index in [1.54, 1.807) is 0 Å². The lowest BCUT2D eigenvalue weighted by Crippen LogP contribution is -2.36. The quantitative estimate of drug-likeness (QED) is 0.417. The first-order chi connectivity index (χ1) is 4.18.